The van der Waals surface area contributed by atoms with Gasteiger partial charge in [0.1, 0.15) is 17.0 Å². The third kappa shape index (κ3) is 2.74. The number of halogens is 1. The average molecular weight is 315 g/mol. The minimum absolute atomic E-state index is 0.506. The molecule has 3 nitrogen and oxygen atoms in total. The maximum atomic E-state index is 5.74. The third-order valence-corrected chi connectivity index (χ3v) is 3.30. The predicted octanol–water partition coefficient (Wildman–Crippen LogP) is 3.97. The van der Waals surface area contributed by atoms with Gasteiger partial charge < -0.3 is 4.74 Å². The van der Waals surface area contributed by atoms with Crippen molar-refractivity contribution in [3.63, 3.8) is 0 Å². The van der Waals surface area contributed by atoms with Crippen LogP contribution in [0.25, 0.3) is 10.9 Å². The van der Waals surface area contributed by atoms with Gasteiger partial charge in [0.05, 0.1) is 11.7 Å². The van der Waals surface area contributed by atoms with Gasteiger partial charge in [-0.3, -0.25) is 4.98 Å². The van der Waals surface area contributed by atoms with Crippen LogP contribution in [0.1, 0.15) is 5.56 Å². The van der Waals surface area contributed by atoms with Crippen LogP contribution in [0.15, 0.2) is 59.5 Å². The lowest BCUT2D eigenvalue weighted by Crippen LogP contribution is -1.97. The molecule has 1 aromatic carbocycles. The van der Waals surface area contributed by atoms with E-state index in [0.717, 1.165) is 26.8 Å². The second-order valence-corrected chi connectivity index (χ2v) is 4.91. The van der Waals surface area contributed by atoms with Crippen molar-refractivity contribution in [1.29, 1.82) is 0 Å². The Morgan fingerprint density at radius 1 is 1.00 bits per heavy atom. The molecule has 0 saturated carbocycles. The van der Waals surface area contributed by atoms with E-state index in [0.29, 0.717) is 6.61 Å². The Kier molecular flexibility index (Phi) is 3.42. The number of para-hydroxylation sites is 1. The number of fused-ring (bicyclic) bond motifs is 1. The zero-order chi connectivity index (χ0) is 13.1. The van der Waals surface area contributed by atoms with Crippen LogP contribution in [0.5, 0.6) is 5.75 Å². The largest absolute Gasteiger partial charge is 0.487 e. The molecule has 3 rings (SSSR count). The topological polar surface area (TPSA) is 35.0 Å². The summed E-state index contributed by atoms with van der Waals surface area (Å²) in [7, 11) is 0. The first-order valence-electron chi connectivity index (χ1n) is 5.90. The van der Waals surface area contributed by atoms with Crippen LogP contribution in [0, 0.1) is 0 Å². The Morgan fingerprint density at radius 2 is 1.89 bits per heavy atom. The molecule has 0 N–H and O–H groups in total. The lowest BCUT2D eigenvalue weighted by molar-refractivity contribution is 0.306. The first-order chi connectivity index (χ1) is 9.33. The van der Waals surface area contributed by atoms with E-state index in [1.807, 2.05) is 36.4 Å². The Morgan fingerprint density at radius 3 is 2.74 bits per heavy atom. The Labute approximate surface area is 119 Å². The van der Waals surface area contributed by atoms with Crippen LogP contribution >= 0.6 is 15.9 Å². The summed E-state index contributed by atoms with van der Waals surface area (Å²) in [5.41, 5.74) is 2.10. The van der Waals surface area contributed by atoms with Crippen molar-refractivity contribution in [3.05, 3.63) is 65.0 Å². The Hall–Kier alpha value is -1.94. The van der Waals surface area contributed by atoms with Crippen molar-refractivity contribution in [2.45, 2.75) is 6.61 Å². The molecule has 2 aromatic heterocycles. The molecule has 0 spiro atoms. The van der Waals surface area contributed by atoms with Crippen molar-refractivity contribution < 1.29 is 4.74 Å². The minimum atomic E-state index is 0.506. The van der Waals surface area contributed by atoms with Crippen LogP contribution in [0.3, 0.4) is 0 Å². The van der Waals surface area contributed by atoms with Gasteiger partial charge in [0.15, 0.2) is 0 Å². The van der Waals surface area contributed by atoms with Crippen LogP contribution in [0.2, 0.25) is 0 Å². The molecule has 0 aliphatic rings. The van der Waals surface area contributed by atoms with E-state index in [2.05, 4.69) is 32.0 Å². The number of hydrogen-bond donors (Lipinski definition) is 0. The van der Waals surface area contributed by atoms with Crippen LogP contribution in [0.4, 0.5) is 0 Å². The highest BCUT2D eigenvalue weighted by atomic mass is 79.9. The van der Waals surface area contributed by atoms with Gasteiger partial charge in [-0.05, 0) is 40.2 Å². The van der Waals surface area contributed by atoms with Crippen molar-refractivity contribution in [1.82, 2.24) is 9.97 Å². The molecule has 0 radical (unpaired) electrons. The number of ether oxygens (including phenoxy) is 1. The van der Waals surface area contributed by atoms with E-state index in [9.17, 15) is 0 Å². The Bertz CT molecular complexity index is 693. The summed E-state index contributed by atoms with van der Waals surface area (Å²) in [6, 6.07) is 13.8. The molecule has 0 amide bonds. The lowest BCUT2D eigenvalue weighted by Gasteiger charge is -2.08. The second kappa shape index (κ2) is 5.36. The Balaban J connectivity index is 1.84. The molecule has 0 bridgehead atoms. The maximum Gasteiger partial charge on any atom is 0.138 e. The molecule has 0 fully saturated rings. The van der Waals surface area contributed by atoms with Crippen LogP contribution in [-0.4, -0.2) is 9.97 Å². The quantitative estimate of drug-likeness (QED) is 0.686. The molecule has 4 heteroatoms. The van der Waals surface area contributed by atoms with E-state index >= 15 is 0 Å². The van der Waals surface area contributed by atoms with Crippen molar-refractivity contribution in [2.75, 3.05) is 0 Å². The fraction of sp³-hybridized carbons (Fsp3) is 0.0667. The van der Waals surface area contributed by atoms with Crippen molar-refractivity contribution >= 4 is 26.8 Å². The number of aromatic nitrogens is 2. The monoisotopic (exact) mass is 314 g/mol. The minimum Gasteiger partial charge on any atom is -0.487 e. The van der Waals surface area contributed by atoms with Gasteiger partial charge in [0.2, 0.25) is 0 Å². The van der Waals surface area contributed by atoms with E-state index in [-0.39, 0.29) is 0 Å². The van der Waals surface area contributed by atoms with E-state index < -0.39 is 0 Å². The molecule has 0 atom stereocenters. The van der Waals surface area contributed by atoms with Crippen LogP contribution in [-0.2, 0) is 6.61 Å². The summed E-state index contributed by atoms with van der Waals surface area (Å²) in [5.74, 6) is 0.754. The van der Waals surface area contributed by atoms with Gasteiger partial charge in [-0.25, -0.2) is 4.98 Å². The van der Waals surface area contributed by atoms with Gasteiger partial charge in [0, 0.05) is 17.1 Å². The molecule has 19 heavy (non-hydrogen) atoms. The second-order valence-electron chi connectivity index (χ2n) is 4.09. The summed E-state index contributed by atoms with van der Waals surface area (Å²) in [4.78, 5) is 8.47. The first kappa shape index (κ1) is 12.1. The van der Waals surface area contributed by atoms with Gasteiger partial charge in [-0.1, -0.05) is 18.2 Å². The molecule has 0 aliphatic carbocycles. The third-order valence-electron chi connectivity index (χ3n) is 2.83. The summed E-state index contributed by atoms with van der Waals surface area (Å²) in [6.45, 7) is 0.506. The average Bonchev–Trinajstić information content (AvgIpc) is 2.47. The zero-order valence-corrected chi connectivity index (χ0v) is 11.7. The molecule has 0 unspecified atom stereocenters. The standard InChI is InChI=1S/C15H11BrN2O/c16-15-6-5-12(9-18-15)19-10-11-7-8-17-14-4-2-1-3-13(11)14/h1-9H,10H2. The lowest BCUT2D eigenvalue weighted by atomic mass is 10.1. The number of rotatable bonds is 3. The van der Waals surface area contributed by atoms with E-state index in [4.69, 9.17) is 4.74 Å². The molecular weight excluding hydrogens is 304 g/mol. The number of pyridine rings is 2. The molecule has 0 saturated heterocycles. The van der Waals surface area contributed by atoms with E-state index in [1.165, 1.54) is 0 Å². The fourth-order valence-electron chi connectivity index (χ4n) is 1.89. The molecule has 3 aromatic rings. The molecule has 2 heterocycles. The summed E-state index contributed by atoms with van der Waals surface area (Å²) in [6.07, 6.45) is 3.51. The highest BCUT2D eigenvalue weighted by Gasteiger charge is 2.02. The summed E-state index contributed by atoms with van der Waals surface area (Å²) < 4.78 is 6.54. The highest BCUT2D eigenvalue weighted by molar-refractivity contribution is 9.10. The van der Waals surface area contributed by atoms with Gasteiger partial charge in [-0.2, -0.15) is 0 Å². The predicted molar refractivity (Wildman–Crippen MR) is 78.0 cm³/mol. The van der Waals surface area contributed by atoms with Gasteiger partial charge in [-0.15, -0.1) is 0 Å². The van der Waals surface area contributed by atoms with Crippen LogP contribution < -0.4 is 4.74 Å². The maximum absolute atomic E-state index is 5.74. The SMILES string of the molecule is Brc1ccc(OCc2ccnc3ccccc23)cn1. The normalized spacial score (nSPS) is 10.6. The van der Waals surface area contributed by atoms with Gasteiger partial charge in [0.25, 0.3) is 0 Å². The fourth-order valence-corrected chi connectivity index (χ4v) is 2.12. The summed E-state index contributed by atoms with van der Waals surface area (Å²) >= 11 is 3.30. The zero-order valence-electron chi connectivity index (χ0n) is 10.1. The van der Waals surface area contributed by atoms with Crippen molar-refractivity contribution in [3.8, 4) is 5.75 Å². The number of hydrogen-bond acceptors (Lipinski definition) is 3. The molecular formula is C15H11BrN2O. The van der Waals surface area contributed by atoms with Gasteiger partial charge >= 0.3 is 0 Å². The highest BCUT2D eigenvalue weighted by Crippen LogP contribution is 2.19. The number of nitrogens with zero attached hydrogens (tertiary/aromatic N) is 2. The van der Waals surface area contributed by atoms with E-state index in [1.54, 1.807) is 12.4 Å². The first-order valence-corrected chi connectivity index (χ1v) is 6.69. The number of benzene rings is 1. The molecule has 0 aliphatic heterocycles. The summed E-state index contributed by atoms with van der Waals surface area (Å²) in [5, 5.41) is 1.12. The molecule has 94 valence electrons. The smallest absolute Gasteiger partial charge is 0.138 e. The van der Waals surface area contributed by atoms with Crippen molar-refractivity contribution in [2.24, 2.45) is 0 Å².